The molecule has 1 unspecified atom stereocenters. The number of oxime groups is 1. The number of aryl methyl sites for hydroxylation is 1. The Hall–Kier alpha value is -2.41. The summed E-state index contributed by atoms with van der Waals surface area (Å²) in [7, 11) is 0. The van der Waals surface area contributed by atoms with Gasteiger partial charge in [0.25, 0.3) is 5.91 Å². The van der Waals surface area contributed by atoms with Crippen molar-refractivity contribution in [2.45, 2.75) is 32.9 Å². The van der Waals surface area contributed by atoms with E-state index in [-0.39, 0.29) is 10.9 Å². The molecule has 2 heterocycles. The average molecular weight is 351 g/mol. The number of hydrogen-bond donors (Lipinski definition) is 1. The monoisotopic (exact) mass is 350 g/mol. The van der Waals surface area contributed by atoms with Crippen LogP contribution in [0.3, 0.4) is 0 Å². The molecule has 0 spiro atoms. The molecule has 1 N–H and O–H groups in total. The van der Waals surface area contributed by atoms with E-state index in [1.54, 1.807) is 6.20 Å². The van der Waals surface area contributed by atoms with Crippen LogP contribution in [-0.4, -0.2) is 27.5 Å². The van der Waals surface area contributed by atoms with Gasteiger partial charge in [0.1, 0.15) is 5.82 Å². The fraction of sp³-hybridized carbons (Fsp3) is 0.312. The number of nitrogens with one attached hydrogen (secondary N) is 1. The van der Waals surface area contributed by atoms with Crippen LogP contribution >= 0.6 is 11.6 Å². The molecule has 6 nitrogen and oxygen atoms in total. The first-order valence-electron chi connectivity index (χ1n) is 7.51. The zero-order valence-electron chi connectivity index (χ0n) is 13.2. The molecule has 0 saturated carbocycles. The summed E-state index contributed by atoms with van der Waals surface area (Å²) in [5.74, 6) is -0.905. The predicted octanol–water partition coefficient (Wildman–Crippen LogP) is 3.14. The second kappa shape index (κ2) is 6.60. The van der Waals surface area contributed by atoms with Gasteiger partial charge in [0, 0.05) is 29.9 Å². The number of halogens is 2. The van der Waals surface area contributed by atoms with Gasteiger partial charge in [0.05, 0.1) is 16.9 Å². The van der Waals surface area contributed by atoms with E-state index in [1.165, 1.54) is 18.2 Å². The highest BCUT2D eigenvalue weighted by Gasteiger charge is 2.30. The van der Waals surface area contributed by atoms with Crippen molar-refractivity contribution < 1.29 is 14.0 Å². The van der Waals surface area contributed by atoms with Gasteiger partial charge in [-0.05, 0) is 32.0 Å². The van der Waals surface area contributed by atoms with E-state index in [1.807, 2.05) is 18.5 Å². The van der Waals surface area contributed by atoms with Crippen molar-refractivity contribution in [3.05, 3.63) is 46.5 Å². The number of carbonyl (C=O) groups is 1. The lowest BCUT2D eigenvalue weighted by atomic mass is 10.1. The maximum absolute atomic E-state index is 13.1. The molecule has 8 heteroatoms. The highest BCUT2D eigenvalue weighted by Crippen LogP contribution is 2.22. The number of hydrogen-bond acceptors (Lipinski definition) is 4. The average Bonchev–Trinajstić information content (AvgIpc) is 3.17. The second-order valence-electron chi connectivity index (χ2n) is 5.41. The van der Waals surface area contributed by atoms with Gasteiger partial charge in [-0.2, -0.15) is 5.10 Å². The Morgan fingerprint density at radius 3 is 3.00 bits per heavy atom. The molecular weight excluding hydrogens is 335 g/mol. The van der Waals surface area contributed by atoms with Gasteiger partial charge in [-0.15, -0.1) is 0 Å². The SMILES string of the molecule is CCn1ncc(C2=NOC(C(=O)Nc3ccc(F)c(Cl)c3)C2)c1C. The molecule has 2 aromatic rings. The molecule has 0 bridgehead atoms. The Labute approximate surface area is 143 Å². The number of rotatable bonds is 4. The minimum atomic E-state index is -0.742. The van der Waals surface area contributed by atoms with Crippen LogP contribution in [0.15, 0.2) is 29.6 Å². The summed E-state index contributed by atoms with van der Waals surface area (Å²) in [5.41, 5.74) is 2.94. The molecule has 126 valence electrons. The third-order valence-electron chi connectivity index (χ3n) is 3.86. The summed E-state index contributed by atoms with van der Waals surface area (Å²) in [5, 5.41) is 10.9. The van der Waals surface area contributed by atoms with Gasteiger partial charge in [0.2, 0.25) is 6.10 Å². The first-order chi connectivity index (χ1) is 11.5. The highest BCUT2D eigenvalue weighted by atomic mass is 35.5. The smallest absolute Gasteiger partial charge is 0.268 e. The van der Waals surface area contributed by atoms with Crippen molar-refractivity contribution in [3.63, 3.8) is 0 Å². The van der Waals surface area contributed by atoms with E-state index in [9.17, 15) is 9.18 Å². The lowest BCUT2D eigenvalue weighted by molar-refractivity contribution is -0.125. The number of anilines is 1. The molecule has 1 aromatic carbocycles. The molecule has 0 fully saturated rings. The fourth-order valence-electron chi connectivity index (χ4n) is 2.52. The van der Waals surface area contributed by atoms with Gasteiger partial charge < -0.3 is 10.2 Å². The topological polar surface area (TPSA) is 68.5 Å². The Morgan fingerprint density at radius 2 is 2.33 bits per heavy atom. The molecule has 24 heavy (non-hydrogen) atoms. The van der Waals surface area contributed by atoms with Gasteiger partial charge in [-0.25, -0.2) is 4.39 Å². The van der Waals surface area contributed by atoms with Crippen LogP contribution in [0.25, 0.3) is 0 Å². The number of aromatic nitrogens is 2. The van der Waals surface area contributed by atoms with E-state index in [4.69, 9.17) is 16.4 Å². The van der Waals surface area contributed by atoms with E-state index in [0.29, 0.717) is 17.8 Å². The normalized spacial score (nSPS) is 16.7. The number of amides is 1. The summed E-state index contributed by atoms with van der Waals surface area (Å²) in [6.07, 6.45) is 1.33. The highest BCUT2D eigenvalue weighted by molar-refractivity contribution is 6.31. The summed E-state index contributed by atoms with van der Waals surface area (Å²) in [4.78, 5) is 17.5. The molecule has 1 aliphatic heterocycles. The Kier molecular flexibility index (Phi) is 4.53. The summed E-state index contributed by atoms with van der Waals surface area (Å²) in [6.45, 7) is 4.71. The largest absolute Gasteiger partial charge is 0.382 e. The minimum Gasteiger partial charge on any atom is -0.382 e. The lowest BCUT2D eigenvalue weighted by Gasteiger charge is -2.10. The minimum absolute atomic E-state index is 0.0558. The zero-order chi connectivity index (χ0) is 17.3. The summed E-state index contributed by atoms with van der Waals surface area (Å²) < 4.78 is 15.0. The van der Waals surface area contributed by atoms with Crippen molar-refractivity contribution in [2.24, 2.45) is 5.16 Å². The van der Waals surface area contributed by atoms with Crippen LogP contribution in [0.4, 0.5) is 10.1 Å². The third-order valence-corrected chi connectivity index (χ3v) is 4.15. The van der Waals surface area contributed by atoms with Gasteiger partial charge >= 0.3 is 0 Å². The Bertz CT molecular complexity index is 818. The van der Waals surface area contributed by atoms with Crippen LogP contribution in [-0.2, 0) is 16.2 Å². The molecule has 1 aromatic heterocycles. The molecule has 1 atom stereocenters. The van der Waals surface area contributed by atoms with Crippen molar-refractivity contribution in [3.8, 4) is 0 Å². The maximum atomic E-state index is 13.1. The van der Waals surface area contributed by atoms with Crippen molar-refractivity contribution in [2.75, 3.05) is 5.32 Å². The molecule has 0 saturated heterocycles. The van der Waals surface area contributed by atoms with Crippen molar-refractivity contribution in [1.29, 1.82) is 0 Å². The van der Waals surface area contributed by atoms with Gasteiger partial charge in [0.15, 0.2) is 0 Å². The molecule has 1 aliphatic rings. The first kappa shape index (κ1) is 16.4. The lowest BCUT2D eigenvalue weighted by Crippen LogP contribution is -2.28. The van der Waals surface area contributed by atoms with Crippen molar-refractivity contribution >= 4 is 28.9 Å². The molecule has 3 rings (SSSR count). The third kappa shape index (κ3) is 3.12. The van der Waals surface area contributed by atoms with Crippen LogP contribution in [0.5, 0.6) is 0 Å². The van der Waals surface area contributed by atoms with Crippen LogP contribution < -0.4 is 5.32 Å². The molecule has 0 radical (unpaired) electrons. The fourth-order valence-corrected chi connectivity index (χ4v) is 2.70. The molecule has 1 amide bonds. The number of nitrogens with zero attached hydrogens (tertiary/aromatic N) is 3. The van der Waals surface area contributed by atoms with Crippen LogP contribution in [0.1, 0.15) is 24.6 Å². The van der Waals surface area contributed by atoms with E-state index < -0.39 is 11.9 Å². The predicted molar refractivity (Wildman–Crippen MR) is 88.7 cm³/mol. The molecular formula is C16H16ClFN4O2. The van der Waals surface area contributed by atoms with Crippen LogP contribution in [0, 0.1) is 12.7 Å². The quantitative estimate of drug-likeness (QED) is 0.921. The number of carbonyl (C=O) groups excluding carboxylic acids is 1. The Morgan fingerprint density at radius 1 is 1.54 bits per heavy atom. The Balaban J connectivity index is 1.66. The maximum Gasteiger partial charge on any atom is 0.268 e. The standard InChI is InChI=1S/C16H16ClFN4O2/c1-3-22-9(2)11(8-19-22)14-7-15(24-21-14)16(23)20-10-4-5-13(18)12(17)6-10/h4-6,8,15H,3,7H2,1-2H3,(H,20,23). The zero-order valence-corrected chi connectivity index (χ0v) is 14.0. The van der Waals surface area contributed by atoms with Crippen LogP contribution in [0.2, 0.25) is 5.02 Å². The molecule has 0 aliphatic carbocycles. The summed E-state index contributed by atoms with van der Waals surface area (Å²) in [6, 6.07) is 3.98. The second-order valence-corrected chi connectivity index (χ2v) is 5.82. The first-order valence-corrected chi connectivity index (χ1v) is 7.88. The van der Waals surface area contributed by atoms with E-state index >= 15 is 0 Å². The summed E-state index contributed by atoms with van der Waals surface area (Å²) >= 11 is 5.70. The van der Waals surface area contributed by atoms with E-state index in [2.05, 4.69) is 15.6 Å². The van der Waals surface area contributed by atoms with Gasteiger partial charge in [-0.1, -0.05) is 16.8 Å². The van der Waals surface area contributed by atoms with Crippen molar-refractivity contribution in [1.82, 2.24) is 9.78 Å². The van der Waals surface area contributed by atoms with Gasteiger partial charge in [-0.3, -0.25) is 9.48 Å². The number of benzene rings is 1. The van der Waals surface area contributed by atoms with E-state index in [0.717, 1.165) is 17.8 Å².